The molecule has 0 heterocycles. The van der Waals surface area contributed by atoms with Crippen LogP contribution in [-0.2, 0) is 0 Å². The van der Waals surface area contributed by atoms with Gasteiger partial charge in [0, 0.05) is 5.69 Å². The molecule has 0 saturated carbocycles. The molecule has 0 fully saturated rings. The summed E-state index contributed by atoms with van der Waals surface area (Å²) in [6, 6.07) is 11.8. The molecule has 2 aromatic carbocycles. The van der Waals surface area contributed by atoms with Crippen LogP contribution in [0.15, 0.2) is 42.5 Å². The number of carbonyl (C=O) groups is 1. The van der Waals surface area contributed by atoms with E-state index in [1.807, 2.05) is 18.2 Å². The number of benzene rings is 2. The molecular weight excluding hydrogens is 233 g/mol. The van der Waals surface area contributed by atoms with E-state index in [-0.39, 0.29) is 11.3 Å². The lowest BCUT2D eigenvalue weighted by Gasteiger charge is -2.13. The topological polar surface area (TPSA) is 49.3 Å². The largest absolute Gasteiger partial charge is 0.478 e. The summed E-state index contributed by atoms with van der Waals surface area (Å²) in [5.41, 5.74) is 1.35. The summed E-state index contributed by atoms with van der Waals surface area (Å²) in [4.78, 5) is 11.1. The summed E-state index contributed by atoms with van der Waals surface area (Å²) in [6.07, 6.45) is 0. The van der Waals surface area contributed by atoms with Gasteiger partial charge in [-0.15, -0.1) is 0 Å². The maximum atomic E-state index is 13.6. The molecule has 0 radical (unpaired) electrons. The van der Waals surface area contributed by atoms with E-state index in [0.29, 0.717) is 11.3 Å². The third kappa shape index (κ3) is 2.32. The number of hydrogen-bond acceptors (Lipinski definition) is 2. The van der Waals surface area contributed by atoms with Crippen molar-refractivity contribution in [1.29, 1.82) is 0 Å². The molecule has 0 amide bonds. The molecule has 18 heavy (non-hydrogen) atoms. The van der Waals surface area contributed by atoms with Gasteiger partial charge in [0.15, 0.2) is 0 Å². The lowest BCUT2D eigenvalue weighted by atomic mass is 10.1. The fourth-order valence-electron chi connectivity index (χ4n) is 1.72. The van der Waals surface area contributed by atoms with Gasteiger partial charge in [-0.25, -0.2) is 9.18 Å². The number of anilines is 2. The Hall–Kier alpha value is -2.36. The van der Waals surface area contributed by atoms with E-state index in [1.54, 1.807) is 25.1 Å². The standard InChI is InChI=1S/C14H12FNO2/c1-9-7-8-11(15)12(14(17)18)13(9)16-10-5-3-2-4-6-10/h2-8,16H,1H3,(H,17,18). The zero-order chi connectivity index (χ0) is 13.1. The molecule has 0 aliphatic rings. The van der Waals surface area contributed by atoms with Crippen LogP contribution in [0, 0.1) is 12.7 Å². The Bertz CT molecular complexity index is 582. The molecule has 0 saturated heterocycles. The van der Waals surface area contributed by atoms with E-state index in [2.05, 4.69) is 5.32 Å². The zero-order valence-corrected chi connectivity index (χ0v) is 9.77. The van der Waals surface area contributed by atoms with Gasteiger partial charge in [0.05, 0.1) is 5.69 Å². The molecule has 2 aromatic rings. The summed E-state index contributed by atoms with van der Waals surface area (Å²) in [5.74, 6) is -2.03. The van der Waals surface area contributed by atoms with Crippen molar-refractivity contribution in [3.05, 3.63) is 59.4 Å². The van der Waals surface area contributed by atoms with Crippen molar-refractivity contribution < 1.29 is 14.3 Å². The van der Waals surface area contributed by atoms with Crippen molar-refractivity contribution in [1.82, 2.24) is 0 Å². The van der Waals surface area contributed by atoms with E-state index in [0.717, 1.165) is 6.07 Å². The Balaban J connectivity index is 2.50. The highest BCUT2D eigenvalue weighted by Crippen LogP contribution is 2.27. The lowest BCUT2D eigenvalue weighted by Crippen LogP contribution is -2.07. The third-order valence-corrected chi connectivity index (χ3v) is 2.62. The van der Waals surface area contributed by atoms with Crippen LogP contribution in [0.1, 0.15) is 15.9 Å². The second-order valence-corrected chi connectivity index (χ2v) is 3.91. The van der Waals surface area contributed by atoms with Crippen molar-refractivity contribution in [2.45, 2.75) is 6.92 Å². The minimum atomic E-state index is -1.28. The van der Waals surface area contributed by atoms with Crippen molar-refractivity contribution in [3.63, 3.8) is 0 Å². The highest BCUT2D eigenvalue weighted by molar-refractivity contribution is 5.96. The minimum absolute atomic E-state index is 0.286. The molecular formula is C14H12FNO2. The van der Waals surface area contributed by atoms with Gasteiger partial charge in [-0.3, -0.25) is 0 Å². The number of halogens is 1. The van der Waals surface area contributed by atoms with Crippen LogP contribution in [0.5, 0.6) is 0 Å². The number of hydrogen-bond donors (Lipinski definition) is 2. The first-order valence-corrected chi connectivity index (χ1v) is 5.44. The molecule has 2 N–H and O–H groups in total. The van der Waals surface area contributed by atoms with Gasteiger partial charge in [0.1, 0.15) is 11.4 Å². The van der Waals surface area contributed by atoms with Crippen LogP contribution < -0.4 is 5.32 Å². The number of aryl methyl sites for hydroxylation is 1. The lowest BCUT2D eigenvalue weighted by molar-refractivity contribution is 0.0693. The minimum Gasteiger partial charge on any atom is -0.478 e. The summed E-state index contributed by atoms with van der Waals surface area (Å²) < 4.78 is 13.6. The normalized spacial score (nSPS) is 10.1. The van der Waals surface area contributed by atoms with E-state index in [1.165, 1.54) is 0 Å². The summed E-state index contributed by atoms with van der Waals surface area (Å²) >= 11 is 0. The summed E-state index contributed by atoms with van der Waals surface area (Å²) in [5, 5.41) is 12.0. The van der Waals surface area contributed by atoms with Gasteiger partial charge >= 0.3 is 5.97 Å². The van der Waals surface area contributed by atoms with Crippen LogP contribution in [-0.4, -0.2) is 11.1 Å². The Kier molecular flexibility index (Phi) is 3.28. The quantitative estimate of drug-likeness (QED) is 0.869. The van der Waals surface area contributed by atoms with Gasteiger partial charge in [0.2, 0.25) is 0 Å². The molecule has 0 spiro atoms. The monoisotopic (exact) mass is 245 g/mol. The number of carboxylic acids is 1. The van der Waals surface area contributed by atoms with Crippen LogP contribution in [0.3, 0.4) is 0 Å². The molecule has 92 valence electrons. The van der Waals surface area contributed by atoms with E-state index in [9.17, 15) is 9.18 Å². The predicted molar refractivity (Wildman–Crippen MR) is 67.8 cm³/mol. The number of carboxylic acid groups (broad SMARTS) is 1. The van der Waals surface area contributed by atoms with Crippen molar-refractivity contribution in [2.24, 2.45) is 0 Å². The van der Waals surface area contributed by atoms with Crippen LogP contribution >= 0.6 is 0 Å². The van der Waals surface area contributed by atoms with Gasteiger partial charge in [-0.05, 0) is 30.7 Å². The van der Waals surface area contributed by atoms with Gasteiger partial charge in [-0.1, -0.05) is 24.3 Å². The Labute approximate surface area is 104 Å². The van der Waals surface area contributed by atoms with Crippen LogP contribution in [0.4, 0.5) is 15.8 Å². The van der Waals surface area contributed by atoms with Crippen LogP contribution in [0.25, 0.3) is 0 Å². The smallest absolute Gasteiger partial charge is 0.340 e. The molecule has 0 atom stereocenters. The fraction of sp³-hybridized carbons (Fsp3) is 0.0714. The first kappa shape index (κ1) is 12.1. The molecule has 0 bridgehead atoms. The second kappa shape index (κ2) is 4.87. The average Bonchev–Trinajstić information content (AvgIpc) is 2.35. The molecule has 0 aromatic heterocycles. The Morgan fingerprint density at radius 2 is 1.83 bits per heavy atom. The molecule has 0 unspecified atom stereocenters. The Morgan fingerprint density at radius 1 is 1.17 bits per heavy atom. The van der Waals surface area contributed by atoms with Crippen molar-refractivity contribution >= 4 is 17.3 Å². The molecule has 2 rings (SSSR count). The van der Waals surface area contributed by atoms with Gasteiger partial charge in [-0.2, -0.15) is 0 Å². The van der Waals surface area contributed by atoms with Crippen molar-refractivity contribution in [2.75, 3.05) is 5.32 Å². The number of rotatable bonds is 3. The number of nitrogens with one attached hydrogen (secondary N) is 1. The maximum absolute atomic E-state index is 13.6. The van der Waals surface area contributed by atoms with E-state index in [4.69, 9.17) is 5.11 Å². The maximum Gasteiger partial charge on any atom is 0.340 e. The highest BCUT2D eigenvalue weighted by atomic mass is 19.1. The number of aromatic carboxylic acids is 1. The fourth-order valence-corrected chi connectivity index (χ4v) is 1.72. The number of para-hydroxylation sites is 1. The second-order valence-electron chi connectivity index (χ2n) is 3.91. The first-order chi connectivity index (χ1) is 8.59. The predicted octanol–water partition coefficient (Wildman–Crippen LogP) is 3.58. The van der Waals surface area contributed by atoms with Crippen LogP contribution in [0.2, 0.25) is 0 Å². The highest BCUT2D eigenvalue weighted by Gasteiger charge is 2.17. The summed E-state index contributed by atoms with van der Waals surface area (Å²) in [7, 11) is 0. The van der Waals surface area contributed by atoms with Crippen molar-refractivity contribution in [3.8, 4) is 0 Å². The molecule has 0 aliphatic carbocycles. The third-order valence-electron chi connectivity index (χ3n) is 2.62. The van der Waals surface area contributed by atoms with Gasteiger partial charge in [0.25, 0.3) is 0 Å². The molecule has 3 nitrogen and oxygen atoms in total. The first-order valence-electron chi connectivity index (χ1n) is 5.44. The van der Waals surface area contributed by atoms with E-state index >= 15 is 0 Å². The van der Waals surface area contributed by atoms with Gasteiger partial charge < -0.3 is 10.4 Å². The molecule has 4 heteroatoms. The zero-order valence-electron chi connectivity index (χ0n) is 9.77. The molecule has 0 aliphatic heterocycles. The average molecular weight is 245 g/mol. The van der Waals surface area contributed by atoms with E-state index < -0.39 is 11.8 Å². The summed E-state index contributed by atoms with van der Waals surface area (Å²) in [6.45, 7) is 1.73. The Morgan fingerprint density at radius 3 is 2.44 bits per heavy atom. The SMILES string of the molecule is Cc1ccc(F)c(C(=O)O)c1Nc1ccccc1.